The van der Waals surface area contributed by atoms with Crippen LogP contribution in [0.15, 0.2) is 6.33 Å². The van der Waals surface area contributed by atoms with Crippen molar-refractivity contribution in [2.24, 2.45) is 0 Å². The molecule has 0 unspecified atom stereocenters. The van der Waals surface area contributed by atoms with E-state index in [1.54, 1.807) is 6.33 Å². The van der Waals surface area contributed by atoms with Gasteiger partial charge in [0.15, 0.2) is 0 Å². The Kier molecular flexibility index (Phi) is 5.17. The van der Waals surface area contributed by atoms with E-state index in [1.165, 1.54) is 38.5 Å². The normalized spacial score (nSPS) is 19.7. The largest absolute Gasteiger partial charge is 0.305 e. The molecule has 4 nitrogen and oxygen atoms in total. The van der Waals surface area contributed by atoms with Crippen LogP contribution < -0.4 is 5.32 Å². The maximum absolute atomic E-state index is 4.41. The molecule has 0 aromatic carbocycles. The fraction of sp³-hybridized carbons (Fsp3) is 0.857. The Morgan fingerprint density at radius 1 is 1.33 bits per heavy atom. The van der Waals surface area contributed by atoms with Crippen molar-refractivity contribution in [3.05, 3.63) is 12.2 Å². The van der Waals surface area contributed by atoms with E-state index in [2.05, 4.69) is 29.2 Å². The monoisotopic (exact) mass is 250 g/mol. The standard InChI is InChI=1S/C14H26N4/c1-3-10-18-14(15-11-16-18)12(2)17-13-8-6-4-5-7-9-13/h11-13,17H,3-10H2,1-2H3/t12-/m0/s1. The van der Waals surface area contributed by atoms with Gasteiger partial charge in [-0.15, -0.1) is 0 Å². The summed E-state index contributed by atoms with van der Waals surface area (Å²) in [4.78, 5) is 4.41. The van der Waals surface area contributed by atoms with Gasteiger partial charge in [0, 0.05) is 12.6 Å². The highest BCUT2D eigenvalue weighted by atomic mass is 15.3. The molecule has 1 heterocycles. The Labute approximate surface area is 110 Å². The smallest absolute Gasteiger partial charge is 0.143 e. The van der Waals surface area contributed by atoms with Crippen LogP contribution in [-0.4, -0.2) is 20.8 Å². The lowest BCUT2D eigenvalue weighted by Gasteiger charge is -2.21. The van der Waals surface area contributed by atoms with Crippen LogP contribution in [0.4, 0.5) is 0 Å². The summed E-state index contributed by atoms with van der Waals surface area (Å²) in [6, 6.07) is 0.969. The number of nitrogens with one attached hydrogen (secondary N) is 1. The Morgan fingerprint density at radius 2 is 2.06 bits per heavy atom. The van der Waals surface area contributed by atoms with Gasteiger partial charge in [-0.2, -0.15) is 5.10 Å². The van der Waals surface area contributed by atoms with Gasteiger partial charge in [0.2, 0.25) is 0 Å². The van der Waals surface area contributed by atoms with Gasteiger partial charge in [-0.05, 0) is 26.2 Å². The first-order chi connectivity index (χ1) is 8.81. The second-order valence-corrected chi connectivity index (χ2v) is 5.42. The summed E-state index contributed by atoms with van der Waals surface area (Å²) in [5, 5.41) is 8.04. The Bertz CT molecular complexity index is 339. The van der Waals surface area contributed by atoms with Gasteiger partial charge in [0.25, 0.3) is 0 Å². The number of hydrogen-bond donors (Lipinski definition) is 1. The minimum Gasteiger partial charge on any atom is -0.305 e. The molecular weight excluding hydrogens is 224 g/mol. The van der Waals surface area contributed by atoms with Crippen LogP contribution >= 0.6 is 0 Å². The van der Waals surface area contributed by atoms with Crippen molar-refractivity contribution in [3.63, 3.8) is 0 Å². The molecule has 0 aliphatic heterocycles. The molecule has 4 heteroatoms. The predicted molar refractivity (Wildman–Crippen MR) is 73.4 cm³/mol. The second-order valence-electron chi connectivity index (χ2n) is 5.42. The van der Waals surface area contributed by atoms with Crippen molar-refractivity contribution in [1.82, 2.24) is 20.1 Å². The first-order valence-corrected chi connectivity index (χ1v) is 7.45. The molecule has 102 valence electrons. The number of rotatable bonds is 5. The highest BCUT2D eigenvalue weighted by Gasteiger charge is 2.18. The van der Waals surface area contributed by atoms with Crippen LogP contribution in [0.25, 0.3) is 0 Å². The van der Waals surface area contributed by atoms with Crippen molar-refractivity contribution in [3.8, 4) is 0 Å². The molecule has 1 aromatic rings. The van der Waals surface area contributed by atoms with Crippen LogP contribution in [0.3, 0.4) is 0 Å². The van der Waals surface area contributed by atoms with Crippen LogP contribution in [0.2, 0.25) is 0 Å². The zero-order chi connectivity index (χ0) is 12.8. The van der Waals surface area contributed by atoms with E-state index >= 15 is 0 Å². The lowest BCUT2D eigenvalue weighted by Crippen LogP contribution is -2.32. The van der Waals surface area contributed by atoms with Gasteiger partial charge in [0.05, 0.1) is 6.04 Å². The molecule has 0 radical (unpaired) electrons. The van der Waals surface area contributed by atoms with Crippen LogP contribution in [0, 0.1) is 0 Å². The zero-order valence-electron chi connectivity index (χ0n) is 11.7. The first kappa shape index (κ1) is 13.5. The van der Waals surface area contributed by atoms with Gasteiger partial charge in [-0.1, -0.05) is 32.6 Å². The van der Waals surface area contributed by atoms with Crippen LogP contribution in [0.5, 0.6) is 0 Å². The van der Waals surface area contributed by atoms with Gasteiger partial charge in [0.1, 0.15) is 12.2 Å². The minimum absolute atomic E-state index is 0.308. The molecule has 1 aromatic heterocycles. The summed E-state index contributed by atoms with van der Waals surface area (Å²) >= 11 is 0. The summed E-state index contributed by atoms with van der Waals surface area (Å²) in [5.41, 5.74) is 0. The minimum atomic E-state index is 0.308. The third-order valence-electron chi connectivity index (χ3n) is 3.81. The fourth-order valence-electron chi connectivity index (χ4n) is 2.87. The average Bonchev–Trinajstić information content (AvgIpc) is 2.67. The van der Waals surface area contributed by atoms with Crippen molar-refractivity contribution in [2.45, 2.75) is 77.4 Å². The number of nitrogens with zero attached hydrogens (tertiary/aromatic N) is 3. The summed E-state index contributed by atoms with van der Waals surface area (Å²) < 4.78 is 2.04. The Morgan fingerprint density at radius 3 is 2.72 bits per heavy atom. The molecule has 0 bridgehead atoms. The lowest BCUT2D eigenvalue weighted by atomic mass is 10.1. The molecule has 2 rings (SSSR count). The SMILES string of the molecule is CCCn1ncnc1[C@H](C)NC1CCCCCC1. The van der Waals surface area contributed by atoms with E-state index in [4.69, 9.17) is 0 Å². The fourth-order valence-corrected chi connectivity index (χ4v) is 2.87. The predicted octanol–water partition coefficient (Wildman–Crippen LogP) is 3.06. The molecule has 1 atom stereocenters. The zero-order valence-corrected chi connectivity index (χ0v) is 11.7. The number of aryl methyl sites for hydroxylation is 1. The van der Waals surface area contributed by atoms with Crippen LogP contribution in [-0.2, 0) is 6.54 Å². The Balaban J connectivity index is 1.93. The molecule has 0 spiro atoms. The summed E-state index contributed by atoms with van der Waals surface area (Å²) in [5.74, 6) is 1.08. The molecule has 1 aliphatic rings. The van der Waals surface area contributed by atoms with E-state index in [9.17, 15) is 0 Å². The van der Waals surface area contributed by atoms with Gasteiger partial charge < -0.3 is 5.32 Å². The highest BCUT2D eigenvalue weighted by molar-refractivity contribution is 4.93. The van der Waals surface area contributed by atoms with E-state index < -0.39 is 0 Å². The highest BCUT2D eigenvalue weighted by Crippen LogP contribution is 2.20. The molecule has 18 heavy (non-hydrogen) atoms. The summed E-state index contributed by atoms with van der Waals surface area (Å²) in [7, 11) is 0. The number of aromatic nitrogens is 3. The third kappa shape index (κ3) is 3.55. The molecule has 1 aliphatic carbocycles. The molecule has 0 amide bonds. The maximum Gasteiger partial charge on any atom is 0.143 e. The molecule has 1 fully saturated rings. The number of hydrogen-bond acceptors (Lipinski definition) is 3. The molecular formula is C14H26N4. The van der Waals surface area contributed by atoms with E-state index in [0.717, 1.165) is 18.8 Å². The molecule has 1 saturated carbocycles. The second kappa shape index (κ2) is 6.88. The maximum atomic E-state index is 4.41. The summed E-state index contributed by atoms with van der Waals surface area (Å²) in [6.45, 7) is 5.35. The van der Waals surface area contributed by atoms with Crippen molar-refractivity contribution in [2.75, 3.05) is 0 Å². The quantitative estimate of drug-likeness (QED) is 0.817. The van der Waals surface area contributed by atoms with Crippen LogP contribution in [0.1, 0.15) is 70.7 Å². The van der Waals surface area contributed by atoms with Crippen molar-refractivity contribution < 1.29 is 0 Å². The average molecular weight is 250 g/mol. The summed E-state index contributed by atoms with van der Waals surface area (Å²) in [6.07, 6.45) is 10.9. The van der Waals surface area contributed by atoms with E-state index in [0.29, 0.717) is 12.1 Å². The first-order valence-electron chi connectivity index (χ1n) is 7.45. The lowest BCUT2D eigenvalue weighted by molar-refractivity contribution is 0.390. The van der Waals surface area contributed by atoms with Gasteiger partial charge >= 0.3 is 0 Å². The van der Waals surface area contributed by atoms with Crippen molar-refractivity contribution in [1.29, 1.82) is 0 Å². The van der Waals surface area contributed by atoms with E-state index in [1.807, 2.05) is 4.68 Å². The topological polar surface area (TPSA) is 42.7 Å². The van der Waals surface area contributed by atoms with Gasteiger partial charge in [-0.25, -0.2) is 9.67 Å². The van der Waals surface area contributed by atoms with Gasteiger partial charge in [-0.3, -0.25) is 0 Å². The van der Waals surface area contributed by atoms with E-state index in [-0.39, 0.29) is 0 Å². The van der Waals surface area contributed by atoms with Crippen molar-refractivity contribution >= 4 is 0 Å². The molecule has 1 N–H and O–H groups in total. The molecule has 0 saturated heterocycles. The Hall–Kier alpha value is -0.900. The third-order valence-corrected chi connectivity index (χ3v) is 3.81.